The molecule has 4 rings (SSSR count). The zero-order valence-corrected chi connectivity index (χ0v) is 14.9. The number of nitrogens with zero attached hydrogens (tertiary/aromatic N) is 2. The van der Waals surface area contributed by atoms with Crippen LogP contribution in [0.4, 0.5) is 11.7 Å². The van der Waals surface area contributed by atoms with Crippen LogP contribution in [-0.4, -0.2) is 31.6 Å². The highest BCUT2D eigenvalue weighted by molar-refractivity contribution is 7.10. The summed E-state index contributed by atoms with van der Waals surface area (Å²) in [6, 6.07) is 8.13. The van der Waals surface area contributed by atoms with Gasteiger partial charge in [-0.2, -0.15) is 4.98 Å². The average molecular weight is 357 g/mol. The van der Waals surface area contributed by atoms with Gasteiger partial charge in [0.05, 0.1) is 13.0 Å². The van der Waals surface area contributed by atoms with Gasteiger partial charge in [-0.3, -0.25) is 4.79 Å². The van der Waals surface area contributed by atoms with E-state index in [1.165, 1.54) is 10.4 Å². The van der Waals surface area contributed by atoms with E-state index in [-0.39, 0.29) is 12.0 Å². The zero-order chi connectivity index (χ0) is 17.4. The number of hydrogen-bond donors (Lipinski definition) is 1. The summed E-state index contributed by atoms with van der Waals surface area (Å²) in [5.41, 5.74) is 3.41. The van der Waals surface area contributed by atoms with Crippen molar-refractivity contribution < 1.29 is 13.9 Å². The summed E-state index contributed by atoms with van der Waals surface area (Å²) in [5.74, 6) is -0.0713. The van der Waals surface area contributed by atoms with Crippen molar-refractivity contribution in [3.63, 3.8) is 0 Å². The van der Waals surface area contributed by atoms with Gasteiger partial charge in [-0.25, -0.2) is 0 Å². The second kappa shape index (κ2) is 6.50. The molecular weight excluding hydrogens is 338 g/mol. The Balaban J connectivity index is 1.47. The van der Waals surface area contributed by atoms with Gasteiger partial charge >= 0.3 is 0 Å². The van der Waals surface area contributed by atoms with Crippen molar-refractivity contribution in [1.82, 2.24) is 4.98 Å². The standard InChI is InChI=1S/C18H19N3O3S/c1-21(2)18-20-13-4-3-12(9-14(13)24-18)19-16(22)10-15-17-11(5-7-23-15)6-8-25-17/h3-4,6,8-9,15H,5,7,10H2,1-2H3,(H,19,22)/t15-/m1/s1. The van der Waals surface area contributed by atoms with Crippen molar-refractivity contribution in [2.24, 2.45) is 0 Å². The van der Waals surface area contributed by atoms with E-state index in [4.69, 9.17) is 9.15 Å². The van der Waals surface area contributed by atoms with Crippen LogP contribution in [0, 0.1) is 0 Å². The first-order valence-corrected chi connectivity index (χ1v) is 9.04. The number of rotatable bonds is 4. The second-order valence-electron chi connectivity index (χ2n) is 6.25. The SMILES string of the molecule is CN(C)c1nc2ccc(NC(=O)C[C@H]3OCCc4ccsc43)cc2o1. The molecule has 0 fully saturated rings. The number of aromatic nitrogens is 1. The average Bonchev–Trinajstić information content (AvgIpc) is 3.21. The van der Waals surface area contributed by atoms with E-state index in [0.29, 0.717) is 30.3 Å². The normalized spacial score (nSPS) is 16.6. The first kappa shape index (κ1) is 16.1. The molecule has 1 amide bonds. The summed E-state index contributed by atoms with van der Waals surface area (Å²) in [7, 11) is 3.74. The first-order chi connectivity index (χ1) is 12.1. The number of benzene rings is 1. The van der Waals surface area contributed by atoms with Gasteiger partial charge in [0, 0.05) is 30.7 Å². The van der Waals surface area contributed by atoms with Gasteiger partial charge in [-0.15, -0.1) is 11.3 Å². The Morgan fingerprint density at radius 2 is 2.28 bits per heavy atom. The van der Waals surface area contributed by atoms with Crippen molar-refractivity contribution >= 4 is 40.0 Å². The number of ether oxygens (including phenoxy) is 1. The highest BCUT2D eigenvalue weighted by Crippen LogP contribution is 2.34. The van der Waals surface area contributed by atoms with E-state index < -0.39 is 0 Å². The van der Waals surface area contributed by atoms with Crippen LogP contribution in [0.5, 0.6) is 0 Å². The molecule has 0 bridgehead atoms. The predicted octanol–water partition coefficient (Wildman–Crippen LogP) is 3.60. The van der Waals surface area contributed by atoms with E-state index in [2.05, 4.69) is 21.7 Å². The number of oxazole rings is 1. The third-order valence-corrected chi connectivity index (χ3v) is 5.23. The number of carbonyl (C=O) groups excluding carboxylic acids is 1. The van der Waals surface area contributed by atoms with Crippen LogP contribution in [-0.2, 0) is 16.0 Å². The smallest absolute Gasteiger partial charge is 0.297 e. The van der Waals surface area contributed by atoms with Crippen LogP contribution in [0.25, 0.3) is 11.1 Å². The van der Waals surface area contributed by atoms with Crippen molar-refractivity contribution in [3.05, 3.63) is 40.1 Å². The van der Waals surface area contributed by atoms with Gasteiger partial charge in [0.1, 0.15) is 11.6 Å². The number of amides is 1. The Morgan fingerprint density at radius 3 is 3.12 bits per heavy atom. The molecule has 1 N–H and O–H groups in total. The fraction of sp³-hybridized carbons (Fsp3) is 0.333. The summed E-state index contributed by atoms with van der Waals surface area (Å²) >= 11 is 1.66. The van der Waals surface area contributed by atoms with Crippen molar-refractivity contribution in [1.29, 1.82) is 0 Å². The van der Waals surface area contributed by atoms with Crippen molar-refractivity contribution in [3.8, 4) is 0 Å². The lowest BCUT2D eigenvalue weighted by Crippen LogP contribution is -2.21. The number of fused-ring (bicyclic) bond motifs is 2. The maximum absolute atomic E-state index is 12.4. The third kappa shape index (κ3) is 3.25. The minimum absolute atomic E-state index is 0.0713. The quantitative estimate of drug-likeness (QED) is 0.773. The summed E-state index contributed by atoms with van der Waals surface area (Å²) < 4.78 is 11.5. The fourth-order valence-electron chi connectivity index (χ4n) is 2.94. The molecule has 0 aliphatic carbocycles. The van der Waals surface area contributed by atoms with Gasteiger partial charge in [0.25, 0.3) is 6.01 Å². The molecule has 25 heavy (non-hydrogen) atoms. The molecule has 1 aliphatic rings. The monoisotopic (exact) mass is 357 g/mol. The number of hydrogen-bond acceptors (Lipinski definition) is 6. The van der Waals surface area contributed by atoms with Gasteiger partial charge in [-0.05, 0) is 35.6 Å². The Bertz CT molecular complexity index is 915. The van der Waals surface area contributed by atoms with E-state index in [9.17, 15) is 4.79 Å². The van der Waals surface area contributed by atoms with Crippen LogP contribution in [0.2, 0.25) is 0 Å². The minimum Gasteiger partial charge on any atom is -0.423 e. The predicted molar refractivity (Wildman–Crippen MR) is 98.3 cm³/mol. The van der Waals surface area contributed by atoms with Crippen LogP contribution >= 0.6 is 11.3 Å². The van der Waals surface area contributed by atoms with Gasteiger partial charge in [-0.1, -0.05) is 0 Å². The molecule has 3 aromatic rings. The highest BCUT2D eigenvalue weighted by Gasteiger charge is 2.24. The topological polar surface area (TPSA) is 67.6 Å². The molecule has 0 unspecified atom stereocenters. The number of anilines is 2. The number of thiophene rings is 1. The van der Waals surface area contributed by atoms with Crippen molar-refractivity contribution in [2.45, 2.75) is 18.9 Å². The molecule has 2 aromatic heterocycles. The van der Waals surface area contributed by atoms with Gasteiger partial charge in [0.2, 0.25) is 5.91 Å². The Hall–Kier alpha value is -2.38. The Labute approximate surface area is 149 Å². The van der Waals surface area contributed by atoms with E-state index >= 15 is 0 Å². The molecule has 130 valence electrons. The number of nitrogens with one attached hydrogen (secondary N) is 1. The molecule has 0 radical (unpaired) electrons. The maximum atomic E-state index is 12.4. The lowest BCUT2D eigenvalue weighted by molar-refractivity contribution is -0.119. The molecule has 1 aliphatic heterocycles. The molecular formula is C18H19N3O3S. The van der Waals surface area contributed by atoms with E-state index in [1.807, 2.05) is 26.2 Å². The van der Waals surface area contributed by atoms with Crippen LogP contribution in [0.3, 0.4) is 0 Å². The lowest BCUT2D eigenvalue weighted by atomic mass is 10.1. The largest absolute Gasteiger partial charge is 0.423 e. The molecule has 3 heterocycles. The molecule has 6 nitrogen and oxygen atoms in total. The highest BCUT2D eigenvalue weighted by atomic mass is 32.1. The lowest BCUT2D eigenvalue weighted by Gasteiger charge is -2.22. The fourth-order valence-corrected chi connectivity index (χ4v) is 3.94. The number of carbonyl (C=O) groups is 1. The van der Waals surface area contributed by atoms with Crippen molar-refractivity contribution in [2.75, 3.05) is 30.9 Å². The Morgan fingerprint density at radius 1 is 1.40 bits per heavy atom. The summed E-state index contributed by atoms with van der Waals surface area (Å²) in [5, 5.41) is 4.99. The Kier molecular flexibility index (Phi) is 4.19. The summed E-state index contributed by atoms with van der Waals surface area (Å²) in [6.07, 6.45) is 1.08. The van der Waals surface area contributed by atoms with Crippen LogP contribution in [0.1, 0.15) is 23.0 Å². The summed E-state index contributed by atoms with van der Waals surface area (Å²) in [6.45, 7) is 0.666. The van der Waals surface area contributed by atoms with Gasteiger partial charge in [0.15, 0.2) is 5.58 Å². The van der Waals surface area contributed by atoms with E-state index in [0.717, 1.165) is 11.9 Å². The summed E-state index contributed by atoms with van der Waals surface area (Å²) in [4.78, 5) is 19.8. The maximum Gasteiger partial charge on any atom is 0.297 e. The molecule has 0 saturated heterocycles. The molecule has 0 spiro atoms. The van der Waals surface area contributed by atoms with Crippen LogP contribution in [0.15, 0.2) is 34.1 Å². The van der Waals surface area contributed by atoms with E-state index in [1.54, 1.807) is 22.3 Å². The third-order valence-electron chi connectivity index (χ3n) is 4.18. The zero-order valence-electron chi connectivity index (χ0n) is 14.1. The molecule has 7 heteroatoms. The van der Waals surface area contributed by atoms with Gasteiger partial charge < -0.3 is 19.4 Å². The molecule has 1 atom stereocenters. The minimum atomic E-state index is -0.155. The molecule has 0 saturated carbocycles. The first-order valence-electron chi connectivity index (χ1n) is 8.16. The second-order valence-corrected chi connectivity index (χ2v) is 7.19. The molecule has 1 aromatic carbocycles. The van der Waals surface area contributed by atoms with Crippen LogP contribution < -0.4 is 10.2 Å².